The third-order valence-electron chi connectivity index (χ3n) is 6.18. The molecular weight excluding hydrogens is 430 g/mol. The van der Waals surface area contributed by atoms with Crippen LogP contribution in [0.4, 0.5) is 0 Å². The third-order valence-corrected chi connectivity index (χ3v) is 6.67. The minimum Gasteiger partial charge on any atom is -0.374 e. The smallest absolute Gasteiger partial charge is 0.0708 e. The molecule has 0 radical (unpaired) electrons. The third kappa shape index (κ3) is 2.91. The van der Waals surface area contributed by atoms with E-state index < -0.39 is 0 Å². The van der Waals surface area contributed by atoms with Gasteiger partial charge in [-0.25, -0.2) is 0 Å². The second-order valence-electron chi connectivity index (χ2n) is 8.01. The standard InChI is InChI=1S/C28H20BrN/c29-22-11-13-27-26(16-22)25(18-6-2-1-3-7-18)17-28(30-27)20-10-12-24-21(15-20)14-19-8-4-5-9-23(19)24/h1-13,15-17,27,30H,14H2. The summed E-state index contributed by atoms with van der Waals surface area (Å²) in [5, 5.41) is 3.76. The first kappa shape index (κ1) is 17.7. The molecule has 0 fully saturated rings. The maximum absolute atomic E-state index is 3.76. The number of rotatable bonds is 2. The first-order chi connectivity index (χ1) is 14.8. The molecule has 0 saturated heterocycles. The summed E-state index contributed by atoms with van der Waals surface area (Å²) in [6.07, 6.45) is 9.91. The normalized spacial score (nSPS) is 18.8. The van der Waals surface area contributed by atoms with Crippen molar-refractivity contribution < 1.29 is 0 Å². The molecule has 1 unspecified atom stereocenters. The molecule has 2 heteroatoms. The van der Waals surface area contributed by atoms with Crippen molar-refractivity contribution in [1.82, 2.24) is 5.32 Å². The number of benzene rings is 3. The Morgan fingerprint density at radius 1 is 0.767 bits per heavy atom. The monoisotopic (exact) mass is 449 g/mol. The molecule has 1 N–H and O–H groups in total. The van der Waals surface area contributed by atoms with Crippen molar-refractivity contribution in [3.8, 4) is 11.1 Å². The van der Waals surface area contributed by atoms with Crippen LogP contribution in [-0.4, -0.2) is 6.04 Å². The Hall–Kier alpha value is -3.10. The molecule has 6 rings (SSSR count). The molecule has 3 aromatic rings. The molecule has 30 heavy (non-hydrogen) atoms. The minimum atomic E-state index is 0.173. The number of dihydropyridines is 1. The lowest BCUT2D eigenvalue weighted by atomic mass is 9.87. The summed E-state index contributed by atoms with van der Waals surface area (Å²) < 4.78 is 1.11. The first-order valence-electron chi connectivity index (χ1n) is 10.3. The molecule has 1 nitrogen and oxygen atoms in total. The average Bonchev–Trinajstić information content (AvgIpc) is 3.17. The zero-order valence-corrected chi connectivity index (χ0v) is 18.0. The molecule has 1 aliphatic heterocycles. The molecule has 3 aromatic carbocycles. The molecule has 0 amide bonds. The fraction of sp³-hybridized carbons (Fsp3) is 0.0714. The van der Waals surface area contributed by atoms with Crippen LogP contribution in [0.1, 0.15) is 22.3 Å². The van der Waals surface area contributed by atoms with Gasteiger partial charge in [-0.15, -0.1) is 0 Å². The highest BCUT2D eigenvalue weighted by Gasteiger charge is 2.25. The van der Waals surface area contributed by atoms with Crippen LogP contribution >= 0.6 is 15.9 Å². The molecule has 0 bridgehead atoms. The Labute approximate surface area is 185 Å². The molecule has 0 aromatic heterocycles. The van der Waals surface area contributed by atoms with E-state index in [1.54, 1.807) is 0 Å². The summed E-state index contributed by atoms with van der Waals surface area (Å²) in [4.78, 5) is 0. The number of fused-ring (bicyclic) bond motifs is 4. The van der Waals surface area contributed by atoms with Crippen LogP contribution in [0.3, 0.4) is 0 Å². The van der Waals surface area contributed by atoms with Gasteiger partial charge in [0.1, 0.15) is 0 Å². The van der Waals surface area contributed by atoms with Gasteiger partial charge in [0.25, 0.3) is 0 Å². The predicted molar refractivity (Wildman–Crippen MR) is 129 cm³/mol. The van der Waals surface area contributed by atoms with E-state index in [2.05, 4.69) is 118 Å². The van der Waals surface area contributed by atoms with Crippen molar-refractivity contribution in [2.24, 2.45) is 0 Å². The molecule has 2 aliphatic carbocycles. The summed E-state index contributed by atoms with van der Waals surface area (Å²) in [6, 6.07) is 26.5. The summed E-state index contributed by atoms with van der Waals surface area (Å²) in [5.41, 5.74) is 11.8. The Bertz CT molecular complexity index is 1290. The molecule has 1 atom stereocenters. The van der Waals surface area contributed by atoms with Crippen LogP contribution < -0.4 is 5.32 Å². The van der Waals surface area contributed by atoms with E-state index >= 15 is 0 Å². The van der Waals surface area contributed by atoms with Crippen molar-refractivity contribution in [3.05, 3.63) is 129 Å². The summed E-state index contributed by atoms with van der Waals surface area (Å²) >= 11 is 3.65. The van der Waals surface area contributed by atoms with Gasteiger partial charge in [-0.05, 0) is 75.2 Å². The molecule has 0 saturated carbocycles. The van der Waals surface area contributed by atoms with E-state index in [0.717, 1.165) is 10.9 Å². The van der Waals surface area contributed by atoms with Crippen molar-refractivity contribution in [2.45, 2.75) is 12.5 Å². The van der Waals surface area contributed by atoms with Crippen molar-refractivity contribution >= 4 is 27.2 Å². The maximum atomic E-state index is 3.76. The van der Waals surface area contributed by atoms with Crippen molar-refractivity contribution in [2.75, 3.05) is 0 Å². The van der Waals surface area contributed by atoms with Crippen LogP contribution in [-0.2, 0) is 6.42 Å². The van der Waals surface area contributed by atoms with Gasteiger partial charge in [0.15, 0.2) is 0 Å². The van der Waals surface area contributed by atoms with Crippen molar-refractivity contribution in [3.63, 3.8) is 0 Å². The summed E-state index contributed by atoms with van der Waals surface area (Å²) in [5.74, 6) is 0. The van der Waals surface area contributed by atoms with E-state index in [1.807, 2.05) is 0 Å². The number of hydrogen-bond acceptors (Lipinski definition) is 1. The Kier molecular flexibility index (Phi) is 4.14. The lowest BCUT2D eigenvalue weighted by Crippen LogP contribution is -2.32. The Morgan fingerprint density at radius 3 is 2.47 bits per heavy atom. The highest BCUT2D eigenvalue weighted by Crippen LogP contribution is 2.39. The lowest BCUT2D eigenvalue weighted by molar-refractivity contribution is 0.816. The second-order valence-corrected chi connectivity index (χ2v) is 8.92. The van der Waals surface area contributed by atoms with Crippen LogP contribution in [0.5, 0.6) is 0 Å². The zero-order valence-electron chi connectivity index (χ0n) is 16.4. The summed E-state index contributed by atoms with van der Waals surface area (Å²) in [7, 11) is 0. The fourth-order valence-electron chi connectivity index (χ4n) is 4.73. The topological polar surface area (TPSA) is 12.0 Å². The van der Waals surface area contributed by atoms with E-state index in [1.165, 1.54) is 50.2 Å². The Morgan fingerprint density at radius 2 is 1.57 bits per heavy atom. The van der Waals surface area contributed by atoms with Gasteiger partial charge in [-0.3, -0.25) is 0 Å². The van der Waals surface area contributed by atoms with Crippen LogP contribution in [0.15, 0.2) is 107 Å². The zero-order chi connectivity index (χ0) is 20.1. The first-order valence-corrected chi connectivity index (χ1v) is 11.1. The molecule has 0 spiro atoms. The van der Waals surface area contributed by atoms with Gasteiger partial charge in [0, 0.05) is 10.2 Å². The number of hydrogen-bond donors (Lipinski definition) is 1. The second kappa shape index (κ2) is 7.00. The minimum absolute atomic E-state index is 0.173. The van der Waals surface area contributed by atoms with Gasteiger partial charge in [0.2, 0.25) is 0 Å². The predicted octanol–water partition coefficient (Wildman–Crippen LogP) is 6.87. The molecule has 144 valence electrons. The van der Waals surface area contributed by atoms with Crippen LogP contribution in [0, 0.1) is 0 Å². The van der Waals surface area contributed by atoms with Gasteiger partial charge in [0.05, 0.1) is 6.04 Å². The lowest BCUT2D eigenvalue weighted by Gasteiger charge is -2.30. The molecule has 3 aliphatic rings. The average molecular weight is 450 g/mol. The highest BCUT2D eigenvalue weighted by atomic mass is 79.9. The number of nitrogens with one attached hydrogen (secondary N) is 1. The largest absolute Gasteiger partial charge is 0.374 e. The van der Waals surface area contributed by atoms with Gasteiger partial charge in [-0.2, -0.15) is 0 Å². The summed E-state index contributed by atoms with van der Waals surface area (Å²) in [6.45, 7) is 0. The molecule has 1 heterocycles. The van der Waals surface area contributed by atoms with E-state index in [0.29, 0.717) is 0 Å². The van der Waals surface area contributed by atoms with Gasteiger partial charge < -0.3 is 5.32 Å². The number of halogens is 1. The Balaban J connectivity index is 1.46. The van der Waals surface area contributed by atoms with E-state index in [-0.39, 0.29) is 6.04 Å². The van der Waals surface area contributed by atoms with Crippen molar-refractivity contribution in [1.29, 1.82) is 0 Å². The van der Waals surface area contributed by atoms with E-state index in [9.17, 15) is 0 Å². The quantitative estimate of drug-likeness (QED) is 0.351. The van der Waals surface area contributed by atoms with Gasteiger partial charge in [-0.1, -0.05) is 88.7 Å². The number of allylic oxidation sites excluding steroid dienone is 4. The molecular formula is C28H20BrN. The van der Waals surface area contributed by atoms with Crippen LogP contribution in [0.25, 0.3) is 22.4 Å². The van der Waals surface area contributed by atoms with Gasteiger partial charge >= 0.3 is 0 Å². The van der Waals surface area contributed by atoms with Crippen LogP contribution in [0.2, 0.25) is 0 Å². The highest BCUT2D eigenvalue weighted by molar-refractivity contribution is 9.11. The van der Waals surface area contributed by atoms with E-state index in [4.69, 9.17) is 0 Å². The fourth-order valence-corrected chi connectivity index (χ4v) is 5.13. The SMILES string of the molecule is BrC1=CC2=C(c3ccccc3)C=C(c3ccc4c(c3)Cc3ccccc3-4)NC2C=C1. The maximum Gasteiger partial charge on any atom is 0.0708 e.